The summed E-state index contributed by atoms with van der Waals surface area (Å²) in [6.45, 7) is 11.5. The minimum absolute atomic E-state index is 0.173. The minimum Gasteiger partial charge on any atom is -0.357 e. The van der Waals surface area contributed by atoms with Crippen LogP contribution in [-0.2, 0) is 10.8 Å². The van der Waals surface area contributed by atoms with Crippen LogP contribution < -0.4 is 10.6 Å². The Morgan fingerprint density at radius 3 is 2.45 bits per heavy atom. The van der Waals surface area contributed by atoms with Gasteiger partial charge in [0.15, 0.2) is 5.96 Å². The Morgan fingerprint density at radius 1 is 1.27 bits per heavy atom. The van der Waals surface area contributed by atoms with Crippen molar-refractivity contribution in [3.8, 4) is 0 Å². The van der Waals surface area contributed by atoms with E-state index in [0.717, 1.165) is 12.5 Å². The standard InChI is InChI=1S/C17H29N3OS/c1-6-18-16(19-12-13-22(21)17(3,4)5)20-14(2)15-10-8-7-9-11-15/h7-11,14H,6,12-13H2,1-5H3,(H2,18,19,20). The Bertz CT molecular complexity index is 494. The second-order valence-electron chi connectivity index (χ2n) is 6.20. The summed E-state index contributed by atoms with van der Waals surface area (Å²) in [6.07, 6.45) is 0. The molecule has 0 aliphatic heterocycles. The van der Waals surface area contributed by atoms with Crippen LogP contribution in [0.25, 0.3) is 0 Å². The number of hydrogen-bond acceptors (Lipinski definition) is 2. The quantitative estimate of drug-likeness (QED) is 0.625. The zero-order valence-electron chi connectivity index (χ0n) is 14.3. The van der Waals surface area contributed by atoms with Gasteiger partial charge in [0, 0.05) is 27.8 Å². The summed E-state index contributed by atoms with van der Waals surface area (Å²) in [7, 11) is -0.869. The van der Waals surface area contributed by atoms with Crippen LogP contribution in [0.5, 0.6) is 0 Å². The minimum atomic E-state index is -0.869. The van der Waals surface area contributed by atoms with Crippen molar-refractivity contribution in [3.05, 3.63) is 35.9 Å². The SMILES string of the molecule is CCNC(=NCCS(=O)C(C)(C)C)NC(C)c1ccccc1. The van der Waals surface area contributed by atoms with E-state index in [9.17, 15) is 4.21 Å². The highest BCUT2D eigenvalue weighted by Crippen LogP contribution is 2.12. The average Bonchev–Trinajstić information content (AvgIpc) is 2.47. The normalized spacial score (nSPS) is 15.2. The highest BCUT2D eigenvalue weighted by molar-refractivity contribution is 7.86. The van der Waals surface area contributed by atoms with Gasteiger partial charge in [-0.25, -0.2) is 0 Å². The summed E-state index contributed by atoms with van der Waals surface area (Å²) < 4.78 is 11.9. The molecule has 0 saturated heterocycles. The molecule has 2 N–H and O–H groups in total. The van der Waals surface area contributed by atoms with E-state index in [1.54, 1.807) is 0 Å². The van der Waals surface area contributed by atoms with Crippen molar-refractivity contribution < 1.29 is 4.21 Å². The van der Waals surface area contributed by atoms with Crippen LogP contribution in [0.1, 0.15) is 46.2 Å². The first-order valence-electron chi connectivity index (χ1n) is 7.83. The van der Waals surface area contributed by atoms with Crippen molar-refractivity contribution in [2.45, 2.75) is 45.4 Å². The first-order valence-corrected chi connectivity index (χ1v) is 9.14. The van der Waals surface area contributed by atoms with E-state index in [-0.39, 0.29) is 10.8 Å². The number of rotatable bonds is 6. The fourth-order valence-corrected chi connectivity index (χ4v) is 2.77. The van der Waals surface area contributed by atoms with Gasteiger partial charge in [-0.05, 0) is 40.2 Å². The molecule has 0 saturated carbocycles. The molecule has 0 bridgehead atoms. The molecule has 4 nitrogen and oxygen atoms in total. The van der Waals surface area contributed by atoms with Crippen molar-refractivity contribution in [2.24, 2.45) is 4.99 Å². The third-order valence-corrected chi connectivity index (χ3v) is 5.15. The van der Waals surface area contributed by atoms with E-state index in [4.69, 9.17) is 0 Å². The van der Waals surface area contributed by atoms with Gasteiger partial charge in [0.25, 0.3) is 0 Å². The summed E-state index contributed by atoms with van der Waals surface area (Å²) in [6, 6.07) is 10.4. The maximum Gasteiger partial charge on any atom is 0.191 e. The fourth-order valence-electron chi connectivity index (χ4n) is 1.90. The second kappa shape index (κ2) is 8.93. The molecule has 2 unspecified atom stereocenters. The lowest BCUT2D eigenvalue weighted by atomic mass is 10.1. The van der Waals surface area contributed by atoms with Gasteiger partial charge in [-0.2, -0.15) is 0 Å². The second-order valence-corrected chi connectivity index (χ2v) is 8.52. The fraction of sp³-hybridized carbons (Fsp3) is 0.588. The molecule has 1 rings (SSSR count). The molecule has 0 radical (unpaired) electrons. The zero-order chi connectivity index (χ0) is 16.6. The van der Waals surface area contributed by atoms with Crippen molar-refractivity contribution in [2.75, 3.05) is 18.8 Å². The number of aliphatic imine (C=N–C) groups is 1. The molecule has 5 heteroatoms. The smallest absolute Gasteiger partial charge is 0.191 e. The lowest BCUT2D eigenvalue weighted by Gasteiger charge is -2.19. The molecule has 0 heterocycles. The Labute approximate surface area is 137 Å². The van der Waals surface area contributed by atoms with Crippen LogP contribution in [0.3, 0.4) is 0 Å². The first-order chi connectivity index (χ1) is 10.3. The number of hydrogen-bond donors (Lipinski definition) is 2. The molecule has 0 aromatic heterocycles. The third kappa shape index (κ3) is 6.60. The first kappa shape index (κ1) is 18.7. The van der Waals surface area contributed by atoms with Crippen LogP contribution in [0.15, 0.2) is 35.3 Å². The van der Waals surface area contributed by atoms with Gasteiger partial charge < -0.3 is 10.6 Å². The van der Waals surface area contributed by atoms with Gasteiger partial charge in [0.2, 0.25) is 0 Å². The van der Waals surface area contributed by atoms with Gasteiger partial charge in [-0.3, -0.25) is 9.20 Å². The molecule has 1 aromatic carbocycles. The van der Waals surface area contributed by atoms with Crippen molar-refractivity contribution in [3.63, 3.8) is 0 Å². The maximum atomic E-state index is 12.0. The predicted octanol–water partition coefficient (Wildman–Crippen LogP) is 2.85. The summed E-state index contributed by atoms with van der Waals surface area (Å²) in [5.41, 5.74) is 1.21. The Balaban J connectivity index is 2.61. The summed E-state index contributed by atoms with van der Waals surface area (Å²) >= 11 is 0. The lowest BCUT2D eigenvalue weighted by Crippen LogP contribution is -2.39. The van der Waals surface area contributed by atoms with Crippen molar-refractivity contribution in [1.82, 2.24) is 10.6 Å². The molecule has 22 heavy (non-hydrogen) atoms. The van der Waals surface area contributed by atoms with Crippen molar-refractivity contribution >= 4 is 16.8 Å². The topological polar surface area (TPSA) is 53.5 Å². The Hall–Kier alpha value is -1.36. The summed E-state index contributed by atoms with van der Waals surface area (Å²) in [5, 5.41) is 6.62. The zero-order valence-corrected chi connectivity index (χ0v) is 15.2. The molecule has 0 fully saturated rings. The van der Waals surface area contributed by atoms with E-state index in [2.05, 4.69) is 34.7 Å². The lowest BCUT2D eigenvalue weighted by molar-refractivity contribution is 0.648. The highest BCUT2D eigenvalue weighted by atomic mass is 32.2. The van der Waals surface area contributed by atoms with Gasteiger partial charge >= 0.3 is 0 Å². The molecular formula is C17H29N3OS. The molecule has 0 spiro atoms. The highest BCUT2D eigenvalue weighted by Gasteiger charge is 2.18. The maximum absolute atomic E-state index is 12.0. The third-order valence-electron chi connectivity index (χ3n) is 3.23. The number of nitrogens with zero attached hydrogens (tertiary/aromatic N) is 1. The molecule has 2 atom stereocenters. The van der Waals surface area contributed by atoms with E-state index >= 15 is 0 Å². The van der Waals surface area contributed by atoms with Crippen LogP contribution in [-0.4, -0.2) is 33.8 Å². The van der Waals surface area contributed by atoms with E-state index in [1.165, 1.54) is 5.56 Å². The van der Waals surface area contributed by atoms with Gasteiger partial charge in [0.05, 0.1) is 12.6 Å². The number of guanidine groups is 1. The molecule has 124 valence electrons. The molecule has 0 amide bonds. The van der Waals surface area contributed by atoms with E-state index in [0.29, 0.717) is 12.3 Å². The van der Waals surface area contributed by atoms with Gasteiger partial charge in [0.1, 0.15) is 0 Å². The number of benzene rings is 1. The van der Waals surface area contributed by atoms with E-state index < -0.39 is 10.8 Å². The molecule has 1 aromatic rings. The molecular weight excluding hydrogens is 294 g/mol. The van der Waals surface area contributed by atoms with Crippen LogP contribution in [0.2, 0.25) is 0 Å². The van der Waals surface area contributed by atoms with Crippen LogP contribution >= 0.6 is 0 Å². The summed E-state index contributed by atoms with van der Waals surface area (Å²) in [5.74, 6) is 1.35. The van der Waals surface area contributed by atoms with Crippen molar-refractivity contribution in [1.29, 1.82) is 0 Å². The van der Waals surface area contributed by atoms with Crippen LogP contribution in [0.4, 0.5) is 0 Å². The predicted molar refractivity (Wildman–Crippen MR) is 96.7 cm³/mol. The van der Waals surface area contributed by atoms with Gasteiger partial charge in [-0.1, -0.05) is 30.3 Å². The van der Waals surface area contributed by atoms with Crippen LogP contribution in [0, 0.1) is 0 Å². The molecule has 0 aliphatic carbocycles. The number of nitrogens with one attached hydrogen (secondary N) is 2. The largest absolute Gasteiger partial charge is 0.357 e. The Kier molecular flexibility index (Phi) is 7.59. The Morgan fingerprint density at radius 2 is 1.91 bits per heavy atom. The average molecular weight is 324 g/mol. The van der Waals surface area contributed by atoms with Gasteiger partial charge in [-0.15, -0.1) is 0 Å². The van der Waals surface area contributed by atoms with E-state index in [1.807, 2.05) is 45.9 Å². The molecule has 0 aliphatic rings. The monoisotopic (exact) mass is 323 g/mol. The summed E-state index contributed by atoms with van der Waals surface area (Å²) in [4.78, 5) is 4.53.